The van der Waals surface area contributed by atoms with Gasteiger partial charge in [-0.2, -0.15) is 0 Å². The average Bonchev–Trinajstić information content (AvgIpc) is 3.07. The molecule has 7 heteroatoms. The zero-order chi connectivity index (χ0) is 12.7. The first-order valence-corrected chi connectivity index (χ1v) is 6.03. The maximum atomic E-state index is 11.6. The Labute approximate surface area is 107 Å². The van der Waals surface area contributed by atoms with Crippen LogP contribution in [0.25, 0.3) is 0 Å². The van der Waals surface area contributed by atoms with Gasteiger partial charge < -0.3 is 4.57 Å². The van der Waals surface area contributed by atoms with Gasteiger partial charge in [0.25, 0.3) is 5.56 Å². The van der Waals surface area contributed by atoms with E-state index in [1.807, 2.05) is 0 Å². The predicted octanol–water partition coefficient (Wildman–Crippen LogP) is 0.770. The standard InChI is InChI=1S/C11H11ClN4O2/c12-9-5-15(11(18)14-10(9)17)4-8-3-13-6-16(8)7-1-2-7/h3,5-7H,1-2,4H2,(H,14,17,18). The highest BCUT2D eigenvalue weighted by atomic mass is 35.5. The monoisotopic (exact) mass is 266 g/mol. The summed E-state index contributed by atoms with van der Waals surface area (Å²) in [7, 11) is 0. The van der Waals surface area contributed by atoms with E-state index >= 15 is 0 Å². The lowest BCUT2D eigenvalue weighted by Gasteiger charge is -2.08. The topological polar surface area (TPSA) is 72.7 Å². The summed E-state index contributed by atoms with van der Waals surface area (Å²) < 4.78 is 3.44. The molecule has 0 spiro atoms. The smallest absolute Gasteiger partial charge is 0.328 e. The third kappa shape index (κ3) is 1.99. The number of halogens is 1. The molecule has 18 heavy (non-hydrogen) atoms. The van der Waals surface area contributed by atoms with E-state index in [0.717, 1.165) is 18.5 Å². The molecule has 0 atom stereocenters. The summed E-state index contributed by atoms with van der Waals surface area (Å²) in [5, 5.41) is 0.00656. The fraction of sp³-hybridized carbons (Fsp3) is 0.364. The fourth-order valence-corrected chi connectivity index (χ4v) is 2.08. The summed E-state index contributed by atoms with van der Waals surface area (Å²) in [4.78, 5) is 29.1. The maximum Gasteiger partial charge on any atom is 0.328 e. The Bertz CT molecular complexity index is 696. The number of aromatic nitrogens is 4. The van der Waals surface area contributed by atoms with Crippen molar-refractivity contribution in [2.75, 3.05) is 0 Å². The number of hydrogen-bond donors (Lipinski definition) is 1. The highest BCUT2D eigenvalue weighted by Gasteiger charge is 2.25. The van der Waals surface area contributed by atoms with E-state index < -0.39 is 11.2 Å². The van der Waals surface area contributed by atoms with Gasteiger partial charge in [0.05, 0.1) is 18.6 Å². The molecule has 1 saturated carbocycles. The Hall–Kier alpha value is -1.82. The third-order valence-electron chi connectivity index (χ3n) is 2.99. The van der Waals surface area contributed by atoms with Gasteiger partial charge in [-0.05, 0) is 12.8 Å². The van der Waals surface area contributed by atoms with Crippen LogP contribution in [-0.4, -0.2) is 19.1 Å². The van der Waals surface area contributed by atoms with E-state index in [2.05, 4.69) is 14.5 Å². The Morgan fingerprint density at radius 2 is 2.22 bits per heavy atom. The number of rotatable bonds is 3. The average molecular weight is 267 g/mol. The number of H-pyrrole nitrogens is 1. The molecule has 3 rings (SSSR count). The summed E-state index contributed by atoms with van der Waals surface area (Å²) in [6.07, 6.45) is 7.14. The van der Waals surface area contributed by atoms with Crippen LogP contribution in [0.15, 0.2) is 28.3 Å². The van der Waals surface area contributed by atoms with Crippen molar-refractivity contribution in [2.24, 2.45) is 0 Å². The summed E-state index contributed by atoms with van der Waals surface area (Å²) >= 11 is 5.71. The van der Waals surface area contributed by atoms with Gasteiger partial charge in [-0.1, -0.05) is 11.6 Å². The van der Waals surface area contributed by atoms with Crippen LogP contribution < -0.4 is 11.2 Å². The van der Waals surface area contributed by atoms with Crippen LogP contribution >= 0.6 is 11.6 Å². The van der Waals surface area contributed by atoms with E-state index in [1.54, 1.807) is 12.5 Å². The first-order chi connectivity index (χ1) is 8.65. The van der Waals surface area contributed by atoms with E-state index in [-0.39, 0.29) is 5.02 Å². The normalized spacial score (nSPS) is 14.9. The lowest BCUT2D eigenvalue weighted by Crippen LogP contribution is -2.30. The first-order valence-electron chi connectivity index (χ1n) is 5.65. The summed E-state index contributed by atoms with van der Waals surface area (Å²) in [5.74, 6) is 0. The van der Waals surface area contributed by atoms with Gasteiger partial charge in [0.2, 0.25) is 0 Å². The minimum Gasteiger partial charge on any atom is -0.330 e. The third-order valence-corrected chi connectivity index (χ3v) is 3.26. The van der Waals surface area contributed by atoms with Gasteiger partial charge in [0.1, 0.15) is 5.02 Å². The molecule has 1 aliphatic rings. The van der Waals surface area contributed by atoms with Gasteiger partial charge in [-0.25, -0.2) is 9.78 Å². The molecule has 0 radical (unpaired) electrons. The van der Waals surface area contributed by atoms with E-state index in [1.165, 1.54) is 10.8 Å². The second kappa shape index (κ2) is 4.13. The lowest BCUT2D eigenvalue weighted by atomic mass is 10.4. The van der Waals surface area contributed by atoms with Crippen molar-refractivity contribution in [3.63, 3.8) is 0 Å². The van der Waals surface area contributed by atoms with Crippen molar-refractivity contribution < 1.29 is 0 Å². The first kappa shape index (κ1) is 11.3. The molecule has 2 heterocycles. The minimum absolute atomic E-state index is 0.00656. The molecule has 94 valence electrons. The Balaban J connectivity index is 1.97. The zero-order valence-corrected chi connectivity index (χ0v) is 10.2. The number of nitrogens with zero attached hydrogens (tertiary/aromatic N) is 3. The molecule has 2 aromatic rings. The van der Waals surface area contributed by atoms with Gasteiger partial charge >= 0.3 is 5.69 Å². The molecule has 0 aromatic carbocycles. The molecule has 6 nitrogen and oxygen atoms in total. The van der Waals surface area contributed by atoms with Crippen LogP contribution in [0.4, 0.5) is 0 Å². The fourth-order valence-electron chi connectivity index (χ4n) is 1.91. The molecule has 0 bridgehead atoms. The quantitative estimate of drug-likeness (QED) is 0.892. The summed E-state index contributed by atoms with van der Waals surface area (Å²) in [5.41, 5.74) is -0.0933. The molecule has 0 unspecified atom stereocenters. The second-order valence-electron chi connectivity index (χ2n) is 4.39. The van der Waals surface area contributed by atoms with Crippen molar-refractivity contribution in [3.8, 4) is 0 Å². The number of nitrogens with one attached hydrogen (secondary N) is 1. The van der Waals surface area contributed by atoms with Gasteiger partial charge in [0.15, 0.2) is 0 Å². The van der Waals surface area contributed by atoms with Crippen molar-refractivity contribution in [2.45, 2.75) is 25.4 Å². The van der Waals surface area contributed by atoms with Crippen molar-refractivity contribution in [1.82, 2.24) is 19.1 Å². The Morgan fingerprint density at radius 3 is 2.94 bits per heavy atom. The Kier molecular flexibility index (Phi) is 2.59. The molecule has 0 saturated heterocycles. The number of imidazole rings is 1. The summed E-state index contributed by atoms with van der Waals surface area (Å²) in [6.45, 7) is 0.353. The van der Waals surface area contributed by atoms with E-state index in [4.69, 9.17) is 11.6 Å². The highest BCUT2D eigenvalue weighted by molar-refractivity contribution is 6.30. The molecule has 1 aliphatic carbocycles. The van der Waals surface area contributed by atoms with Gasteiger partial charge in [0, 0.05) is 18.4 Å². The summed E-state index contributed by atoms with van der Waals surface area (Å²) in [6, 6.07) is 0.497. The van der Waals surface area contributed by atoms with Crippen molar-refractivity contribution in [1.29, 1.82) is 0 Å². The zero-order valence-electron chi connectivity index (χ0n) is 9.47. The molecule has 0 amide bonds. The van der Waals surface area contributed by atoms with Gasteiger partial charge in [-0.3, -0.25) is 14.3 Å². The molecular weight excluding hydrogens is 256 g/mol. The SMILES string of the molecule is O=c1[nH]c(=O)n(Cc2cncn2C2CC2)cc1Cl. The molecule has 2 aromatic heterocycles. The van der Waals surface area contributed by atoms with Crippen molar-refractivity contribution in [3.05, 3.63) is 50.3 Å². The van der Waals surface area contributed by atoms with Crippen LogP contribution in [0.3, 0.4) is 0 Å². The largest absolute Gasteiger partial charge is 0.330 e. The lowest BCUT2D eigenvalue weighted by molar-refractivity contribution is 0.633. The van der Waals surface area contributed by atoms with Crippen LogP contribution in [0.5, 0.6) is 0 Å². The molecular formula is C11H11ClN4O2. The predicted molar refractivity (Wildman–Crippen MR) is 65.9 cm³/mol. The second-order valence-corrected chi connectivity index (χ2v) is 4.79. The molecule has 1 N–H and O–H groups in total. The molecule has 1 fully saturated rings. The van der Waals surface area contributed by atoms with E-state index in [9.17, 15) is 9.59 Å². The van der Waals surface area contributed by atoms with Crippen molar-refractivity contribution >= 4 is 11.6 Å². The highest BCUT2D eigenvalue weighted by Crippen LogP contribution is 2.35. The van der Waals surface area contributed by atoms with Crippen LogP contribution in [0.1, 0.15) is 24.6 Å². The number of hydrogen-bond acceptors (Lipinski definition) is 3. The number of aromatic amines is 1. The Morgan fingerprint density at radius 1 is 1.44 bits per heavy atom. The van der Waals surface area contributed by atoms with Crippen LogP contribution in [0, 0.1) is 0 Å². The van der Waals surface area contributed by atoms with Crippen LogP contribution in [0.2, 0.25) is 5.02 Å². The van der Waals surface area contributed by atoms with E-state index in [0.29, 0.717) is 12.6 Å². The maximum absolute atomic E-state index is 11.6. The minimum atomic E-state index is -0.561. The van der Waals surface area contributed by atoms with Crippen LogP contribution in [-0.2, 0) is 6.54 Å². The molecule has 0 aliphatic heterocycles. The van der Waals surface area contributed by atoms with Gasteiger partial charge in [-0.15, -0.1) is 0 Å².